The number of carbonyl (C=O) groups excluding carboxylic acids is 1. The maximum Gasteiger partial charge on any atom is 0.282 e. The zero-order valence-electron chi connectivity index (χ0n) is 13.4. The molecule has 6 heteroatoms. The Bertz CT molecular complexity index is 854. The largest absolute Gasteiger partial charge is 0.399 e. The monoisotopic (exact) mass is 346 g/mol. The first-order valence-electron chi connectivity index (χ1n) is 8.20. The van der Waals surface area contributed by atoms with Crippen molar-refractivity contribution in [3.8, 4) is 11.1 Å². The van der Waals surface area contributed by atoms with Crippen molar-refractivity contribution in [1.29, 1.82) is 0 Å². The molecule has 0 atom stereocenters. The highest BCUT2D eigenvalue weighted by atomic mass is 19.3. The molecule has 1 saturated heterocycles. The van der Waals surface area contributed by atoms with Crippen LogP contribution in [-0.4, -0.2) is 29.8 Å². The van der Waals surface area contributed by atoms with Gasteiger partial charge in [-0.1, -0.05) is 12.1 Å². The molecule has 1 aliphatic carbocycles. The van der Waals surface area contributed by atoms with E-state index in [1.807, 2.05) is 12.1 Å². The molecule has 1 aliphatic heterocycles. The minimum Gasteiger partial charge on any atom is -0.399 e. The Labute approximate surface area is 143 Å². The van der Waals surface area contributed by atoms with E-state index in [1.54, 1.807) is 6.07 Å². The van der Waals surface area contributed by atoms with E-state index in [0.29, 0.717) is 22.7 Å². The van der Waals surface area contributed by atoms with Gasteiger partial charge in [-0.25, -0.2) is 13.2 Å². The summed E-state index contributed by atoms with van der Waals surface area (Å²) in [5, 5.41) is 0. The second kappa shape index (κ2) is 5.51. The molecule has 25 heavy (non-hydrogen) atoms. The number of nitrogens with two attached hydrogens (primary N) is 1. The molecule has 0 spiro atoms. The smallest absolute Gasteiger partial charge is 0.282 e. The van der Waals surface area contributed by atoms with Crippen LogP contribution in [-0.2, 0) is 0 Å². The molecule has 1 amide bonds. The van der Waals surface area contributed by atoms with E-state index in [-0.39, 0.29) is 5.56 Å². The lowest BCUT2D eigenvalue weighted by molar-refractivity contribution is -0.113. The number of likely N-dealkylation sites (tertiary alicyclic amines) is 1. The van der Waals surface area contributed by atoms with Gasteiger partial charge in [-0.2, -0.15) is 0 Å². The summed E-state index contributed by atoms with van der Waals surface area (Å²) in [6.07, 6.45) is 2.20. The molecule has 3 nitrogen and oxygen atoms in total. The SMILES string of the molecule is Nc1cc(-c2ccc(F)cc2C(=O)N2CC(F)(F)C2)cc(C2CC2)c1. The van der Waals surface area contributed by atoms with Gasteiger partial charge < -0.3 is 10.6 Å². The van der Waals surface area contributed by atoms with Gasteiger partial charge in [0.2, 0.25) is 0 Å². The van der Waals surface area contributed by atoms with Crippen LogP contribution in [0.3, 0.4) is 0 Å². The van der Waals surface area contributed by atoms with Gasteiger partial charge in [-0.15, -0.1) is 0 Å². The summed E-state index contributed by atoms with van der Waals surface area (Å²) in [4.78, 5) is 13.6. The molecule has 2 aromatic rings. The number of halogens is 3. The number of hydrogen-bond donors (Lipinski definition) is 1. The average molecular weight is 346 g/mol. The van der Waals surface area contributed by atoms with Crippen molar-refractivity contribution in [1.82, 2.24) is 4.90 Å². The van der Waals surface area contributed by atoms with Crippen LogP contribution in [0, 0.1) is 5.82 Å². The predicted octanol–water partition coefficient (Wildman–Crippen LogP) is 4.04. The van der Waals surface area contributed by atoms with Crippen molar-refractivity contribution in [3.05, 3.63) is 53.3 Å². The molecule has 2 aliphatic rings. The highest BCUT2D eigenvalue weighted by Gasteiger charge is 2.46. The van der Waals surface area contributed by atoms with Gasteiger partial charge >= 0.3 is 0 Å². The standard InChI is InChI=1S/C19H17F3N2O/c20-14-3-4-16(13-5-12(11-1-2-11)6-15(23)7-13)17(8-14)18(25)24-9-19(21,22)10-24/h3-8,11H,1-2,9-10,23H2. The summed E-state index contributed by atoms with van der Waals surface area (Å²) >= 11 is 0. The number of anilines is 1. The number of amides is 1. The molecular formula is C19H17F3N2O. The molecule has 4 rings (SSSR count). The van der Waals surface area contributed by atoms with Gasteiger partial charge in [0.25, 0.3) is 11.8 Å². The molecule has 1 saturated carbocycles. The highest BCUT2D eigenvalue weighted by molar-refractivity contribution is 6.01. The molecular weight excluding hydrogens is 329 g/mol. The van der Waals surface area contributed by atoms with Crippen LogP contribution in [0.1, 0.15) is 34.7 Å². The minimum absolute atomic E-state index is 0.0860. The fraction of sp³-hybridized carbons (Fsp3) is 0.316. The fourth-order valence-electron chi connectivity index (χ4n) is 3.26. The minimum atomic E-state index is -2.86. The number of nitrogen functional groups attached to an aromatic ring is 1. The summed E-state index contributed by atoms with van der Waals surface area (Å²) < 4.78 is 39.9. The number of hydrogen-bond acceptors (Lipinski definition) is 2. The van der Waals surface area contributed by atoms with Crippen LogP contribution in [0.2, 0.25) is 0 Å². The number of carbonyl (C=O) groups is 1. The number of rotatable bonds is 3. The van der Waals surface area contributed by atoms with E-state index in [0.717, 1.165) is 29.4 Å². The molecule has 0 aromatic heterocycles. The summed E-state index contributed by atoms with van der Waals surface area (Å²) in [6.45, 7) is -1.27. The Kier molecular flexibility index (Phi) is 3.52. The maximum atomic E-state index is 13.7. The molecule has 2 N–H and O–H groups in total. The van der Waals surface area contributed by atoms with Crippen LogP contribution in [0.4, 0.5) is 18.9 Å². The van der Waals surface area contributed by atoms with Crippen LogP contribution in [0.5, 0.6) is 0 Å². The fourth-order valence-corrected chi connectivity index (χ4v) is 3.26. The Morgan fingerprint density at radius 2 is 1.84 bits per heavy atom. The molecule has 130 valence electrons. The van der Waals surface area contributed by atoms with Crippen molar-refractivity contribution in [3.63, 3.8) is 0 Å². The predicted molar refractivity (Wildman–Crippen MR) is 89.1 cm³/mol. The van der Waals surface area contributed by atoms with Gasteiger partial charge in [0.05, 0.1) is 18.7 Å². The van der Waals surface area contributed by atoms with E-state index >= 15 is 0 Å². The van der Waals surface area contributed by atoms with Crippen molar-refractivity contribution < 1.29 is 18.0 Å². The van der Waals surface area contributed by atoms with E-state index in [1.165, 1.54) is 12.1 Å². The van der Waals surface area contributed by atoms with Gasteiger partial charge in [0.15, 0.2) is 0 Å². The van der Waals surface area contributed by atoms with Crippen molar-refractivity contribution in [2.75, 3.05) is 18.8 Å². The third-order valence-corrected chi connectivity index (χ3v) is 4.68. The average Bonchev–Trinajstić information content (AvgIpc) is 3.36. The number of alkyl halides is 2. The first-order valence-corrected chi connectivity index (χ1v) is 8.20. The summed E-state index contributed by atoms with van der Waals surface area (Å²) in [6, 6.07) is 9.45. The third kappa shape index (κ3) is 3.08. The van der Waals surface area contributed by atoms with E-state index < -0.39 is 30.7 Å². The van der Waals surface area contributed by atoms with Crippen molar-refractivity contribution in [2.24, 2.45) is 0 Å². The first-order chi connectivity index (χ1) is 11.8. The van der Waals surface area contributed by atoms with E-state index in [4.69, 9.17) is 5.73 Å². The lowest BCUT2D eigenvalue weighted by Crippen LogP contribution is -2.58. The Morgan fingerprint density at radius 1 is 1.12 bits per heavy atom. The number of nitrogens with zero attached hydrogens (tertiary/aromatic N) is 1. The van der Waals surface area contributed by atoms with E-state index in [9.17, 15) is 18.0 Å². The maximum absolute atomic E-state index is 13.7. The Balaban J connectivity index is 1.74. The van der Waals surface area contributed by atoms with Gasteiger partial charge in [-0.3, -0.25) is 4.79 Å². The summed E-state index contributed by atoms with van der Waals surface area (Å²) in [7, 11) is 0. The Hall–Kier alpha value is -2.50. The van der Waals surface area contributed by atoms with Crippen LogP contribution >= 0.6 is 0 Å². The van der Waals surface area contributed by atoms with Crippen molar-refractivity contribution in [2.45, 2.75) is 24.7 Å². The number of benzene rings is 2. The Morgan fingerprint density at radius 3 is 2.48 bits per heavy atom. The van der Waals surface area contributed by atoms with Crippen LogP contribution in [0.25, 0.3) is 11.1 Å². The quantitative estimate of drug-likeness (QED) is 0.853. The molecule has 2 fully saturated rings. The second-order valence-corrected chi connectivity index (χ2v) is 6.87. The highest BCUT2D eigenvalue weighted by Crippen LogP contribution is 2.42. The van der Waals surface area contributed by atoms with Crippen LogP contribution < -0.4 is 5.73 Å². The van der Waals surface area contributed by atoms with Gasteiger partial charge in [0.1, 0.15) is 5.82 Å². The molecule has 0 unspecified atom stereocenters. The zero-order chi connectivity index (χ0) is 17.8. The third-order valence-electron chi connectivity index (χ3n) is 4.68. The summed E-state index contributed by atoms with van der Waals surface area (Å²) in [5.74, 6) is -3.56. The van der Waals surface area contributed by atoms with Gasteiger partial charge in [0, 0.05) is 5.69 Å². The molecule has 0 radical (unpaired) electrons. The topological polar surface area (TPSA) is 46.3 Å². The normalized spacial score (nSPS) is 18.8. The molecule has 2 aromatic carbocycles. The van der Waals surface area contributed by atoms with Crippen molar-refractivity contribution >= 4 is 11.6 Å². The second-order valence-electron chi connectivity index (χ2n) is 6.87. The van der Waals surface area contributed by atoms with Crippen LogP contribution in [0.15, 0.2) is 36.4 Å². The first kappa shape index (κ1) is 16.0. The lowest BCUT2D eigenvalue weighted by Gasteiger charge is -2.39. The van der Waals surface area contributed by atoms with Gasteiger partial charge in [-0.05, 0) is 59.7 Å². The van der Waals surface area contributed by atoms with E-state index in [2.05, 4.69) is 0 Å². The molecule has 1 heterocycles. The molecule has 0 bridgehead atoms. The zero-order valence-corrected chi connectivity index (χ0v) is 13.4. The summed E-state index contributed by atoms with van der Waals surface area (Å²) in [5.41, 5.74) is 8.94. The lowest BCUT2D eigenvalue weighted by atomic mass is 9.94.